The Morgan fingerprint density at radius 3 is 2.73 bits per heavy atom. The van der Waals surface area contributed by atoms with E-state index in [1.807, 2.05) is 18.4 Å². The molecule has 4 N–H and O–H groups in total. The summed E-state index contributed by atoms with van der Waals surface area (Å²) in [5.41, 5.74) is 14.3. The molecule has 0 aliphatic heterocycles. The summed E-state index contributed by atoms with van der Waals surface area (Å²) in [5, 5.41) is 0. The van der Waals surface area contributed by atoms with Crippen molar-refractivity contribution in [1.29, 1.82) is 0 Å². The second-order valence-corrected chi connectivity index (χ2v) is 7.46. The lowest BCUT2D eigenvalue weighted by atomic mass is 9.78. The second-order valence-electron chi connectivity index (χ2n) is 6.44. The first-order valence-corrected chi connectivity index (χ1v) is 8.26. The Balaban J connectivity index is 0.00000176. The number of aromatic nitrogens is 2. The number of rotatable bonds is 3. The molecule has 7 heteroatoms. The monoisotopic (exact) mass is 341 g/mol. The van der Waals surface area contributed by atoms with Crippen LogP contribution in [-0.2, 0) is 11.8 Å². The minimum atomic E-state index is 0. The molecule has 2 aromatic heterocycles. The fourth-order valence-electron chi connectivity index (χ4n) is 3.18. The molecule has 22 heavy (non-hydrogen) atoms. The fourth-order valence-corrected chi connectivity index (χ4v) is 4.65. The molecule has 0 radical (unpaired) electrons. The summed E-state index contributed by atoms with van der Waals surface area (Å²) in [5.74, 6) is 1.27. The molecule has 0 fully saturated rings. The quantitative estimate of drug-likeness (QED) is 0.897. The maximum absolute atomic E-state index is 5.94. The highest BCUT2D eigenvalue weighted by Crippen LogP contribution is 2.46. The van der Waals surface area contributed by atoms with Gasteiger partial charge in [-0.2, -0.15) is 4.98 Å². The first-order valence-electron chi connectivity index (χ1n) is 7.44. The number of hydrogen-bond acceptors (Lipinski definition) is 6. The van der Waals surface area contributed by atoms with Crippen LogP contribution in [0.25, 0.3) is 10.2 Å². The Morgan fingerprint density at radius 1 is 1.32 bits per heavy atom. The SMILES string of the molecule is CN(CCN)c1nc(N)nc2c3c(sc12)C(C)(C)CCC3.Cl. The Labute approximate surface area is 141 Å². The van der Waals surface area contributed by atoms with Gasteiger partial charge in [0.05, 0.1) is 10.2 Å². The van der Waals surface area contributed by atoms with Gasteiger partial charge in [0.15, 0.2) is 5.82 Å². The summed E-state index contributed by atoms with van der Waals surface area (Å²) < 4.78 is 1.15. The van der Waals surface area contributed by atoms with Gasteiger partial charge in [-0.15, -0.1) is 23.7 Å². The van der Waals surface area contributed by atoms with Crippen molar-refractivity contribution < 1.29 is 0 Å². The van der Waals surface area contributed by atoms with Crippen LogP contribution in [-0.4, -0.2) is 30.1 Å². The second kappa shape index (κ2) is 6.18. The van der Waals surface area contributed by atoms with Gasteiger partial charge in [0.1, 0.15) is 0 Å². The zero-order chi connectivity index (χ0) is 15.2. The molecule has 1 aliphatic rings. The lowest BCUT2D eigenvalue weighted by Gasteiger charge is -2.29. The normalized spacial score (nSPS) is 16.2. The molecule has 0 saturated heterocycles. The standard InChI is InChI=1S/C15H23N5S.ClH/c1-15(2)6-4-5-9-10-11(21-12(9)15)13(19-14(17)18-10)20(3)8-7-16;/h4-8,16H2,1-3H3,(H2,17,18,19);1H. The van der Waals surface area contributed by atoms with E-state index < -0.39 is 0 Å². The summed E-state index contributed by atoms with van der Waals surface area (Å²) in [6.07, 6.45) is 3.53. The number of likely N-dealkylation sites (N-methyl/N-ethyl adjacent to an activating group) is 1. The fraction of sp³-hybridized carbons (Fsp3) is 0.600. The van der Waals surface area contributed by atoms with Gasteiger partial charge in [0, 0.05) is 25.0 Å². The van der Waals surface area contributed by atoms with Crippen molar-refractivity contribution in [1.82, 2.24) is 9.97 Å². The number of anilines is 2. The maximum Gasteiger partial charge on any atom is 0.222 e. The largest absolute Gasteiger partial charge is 0.368 e. The van der Waals surface area contributed by atoms with Crippen LogP contribution in [0.5, 0.6) is 0 Å². The van der Waals surface area contributed by atoms with Crippen LogP contribution in [0.1, 0.15) is 37.1 Å². The number of halogens is 1. The van der Waals surface area contributed by atoms with E-state index >= 15 is 0 Å². The Morgan fingerprint density at radius 2 is 2.05 bits per heavy atom. The van der Waals surface area contributed by atoms with Crippen molar-refractivity contribution in [2.45, 2.75) is 38.5 Å². The predicted molar refractivity (Wildman–Crippen MR) is 97.4 cm³/mol. The Hall–Kier alpha value is -1.11. The molecule has 1 aliphatic carbocycles. The smallest absolute Gasteiger partial charge is 0.222 e. The molecule has 0 unspecified atom stereocenters. The van der Waals surface area contributed by atoms with Gasteiger partial charge in [-0.1, -0.05) is 13.8 Å². The van der Waals surface area contributed by atoms with Crippen LogP contribution >= 0.6 is 23.7 Å². The summed E-state index contributed by atoms with van der Waals surface area (Å²) in [4.78, 5) is 12.5. The van der Waals surface area contributed by atoms with Gasteiger partial charge in [0.2, 0.25) is 5.95 Å². The average molecular weight is 342 g/mol. The van der Waals surface area contributed by atoms with Gasteiger partial charge in [-0.25, -0.2) is 4.98 Å². The minimum Gasteiger partial charge on any atom is -0.368 e. The minimum absolute atomic E-state index is 0. The van der Waals surface area contributed by atoms with E-state index in [2.05, 4.69) is 28.7 Å². The number of fused-ring (bicyclic) bond motifs is 3. The predicted octanol–water partition coefficient (Wildman–Crippen LogP) is 2.70. The molecule has 0 aromatic carbocycles. The van der Waals surface area contributed by atoms with Gasteiger partial charge >= 0.3 is 0 Å². The highest BCUT2D eigenvalue weighted by molar-refractivity contribution is 7.20. The number of nitrogen functional groups attached to an aromatic ring is 1. The zero-order valence-electron chi connectivity index (χ0n) is 13.3. The topological polar surface area (TPSA) is 81.1 Å². The van der Waals surface area contributed by atoms with Crippen molar-refractivity contribution >= 4 is 45.7 Å². The van der Waals surface area contributed by atoms with Gasteiger partial charge in [-0.3, -0.25) is 0 Å². The van der Waals surface area contributed by atoms with Crippen molar-refractivity contribution in [2.24, 2.45) is 5.73 Å². The third-order valence-corrected chi connectivity index (χ3v) is 5.88. The van der Waals surface area contributed by atoms with Crippen LogP contribution in [0.4, 0.5) is 11.8 Å². The van der Waals surface area contributed by atoms with E-state index in [1.165, 1.54) is 23.3 Å². The first-order chi connectivity index (χ1) is 9.94. The molecule has 122 valence electrons. The van der Waals surface area contributed by atoms with Gasteiger partial charge in [0.25, 0.3) is 0 Å². The number of nitrogens with zero attached hydrogens (tertiary/aromatic N) is 3. The van der Waals surface area contributed by atoms with Crippen molar-refractivity contribution in [3.05, 3.63) is 10.4 Å². The van der Waals surface area contributed by atoms with Crippen LogP contribution in [0.15, 0.2) is 0 Å². The third-order valence-electron chi connectivity index (χ3n) is 4.30. The number of hydrogen-bond donors (Lipinski definition) is 2. The van der Waals surface area contributed by atoms with Crippen molar-refractivity contribution in [3.8, 4) is 0 Å². The molecule has 0 atom stereocenters. The molecule has 2 heterocycles. The van der Waals surface area contributed by atoms with Crippen LogP contribution in [0.2, 0.25) is 0 Å². The lowest BCUT2D eigenvalue weighted by molar-refractivity contribution is 0.443. The van der Waals surface area contributed by atoms with Crippen molar-refractivity contribution in [3.63, 3.8) is 0 Å². The molecule has 0 spiro atoms. The van der Waals surface area contributed by atoms with Crippen LogP contribution in [0.3, 0.4) is 0 Å². The highest BCUT2D eigenvalue weighted by Gasteiger charge is 2.32. The van der Waals surface area contributed by atoms with E-state index in [9.17, 15) is 0 Å². The summed E-state index contributed by atoms with van der Waals surface area (Å²) in [6, 6.07) is 0. The first kappa shape index (κ1) is 17.2. The average Bonchev–Trinajstić information content (AvgIpc) is 2.78. The molecule has 3 rings (SSSR count). The molecule has 0 amide bonds. The number of nitrogens with two attached hydrogens (primary N) is 2. The summed E-state index contributed by atoms with van der Waals surface area (Å²) in [6.45, 7) is 6.00. The molecular weight excluding hydrogens is 318 g/mol. The third kappa shape index (κ3) is 2.75. The Bertz CT molecular complexity index is 682. The van der Waals surface area contributed by atoms with Gasteiger partial charge < -0.3 is 16.4 Å². The highest BCUT2D eigenvalue weighted by atomic mass is 35.5. The van der Waals surface area contributed by atoms with Crippen LogP contribution < -0.4 is 16.4 Å². The molecule has 0 saturated carbocycles. The number of aryl methyl sites for hydroxylation is 1. The van der Waals surface area contributed by atoms with Crippen molar-refractivity contribution in [2.75, 3.05) is 30.8 Å². The molecular formula is C15H24ClN5S. The molecule has 5 nitrogen and oxygen atoms in total. The van der Waals surface area contributed by atoms with E-state index in [4.69, 9.17) is 11.5 Å². The number of thiophene rings is 1. The zero-order valence-corrected chi connectivity index (χ0v) is 15.0. The summed E-state index contributed by atoms with van der Waals surface area (Å²) >= 11 is 1.83. The van der Waals surface area contributed by atoms with E-state index in [-0.39, 0.29) is 17.8 Å². The van der Waals surface area contributed by atoms with Crippen LogP contribution in [0, 0.1) is 0 Å². The van der Waals surface area contributed by atoms with E-state index in [0.29, 0.717) is 12.5 Å². The summed E-state index contributed by atoms with van der Waals surface area (Å²) in [7, 11) is 2.01. The van der Waals surface area contributed by atoms with E-state index in [0.717, 1.165) is 29.0 Å². The van der Waals surface area contributed by atoms with Gasteiger partial charge in [-0.05, 0) is 30.2 Å². The Kier molecular flexibility index (Phi) is 4.84. The molecule has 0 bridgehead atoms. The lowest BCUT2D eigenvalue weighted by Crippen LogP contribution is -2.26. The molecule has 2 aromatic rings. The van der Waals surface area contributed by atoms with E-state index in [1.54, 1.807) is 0 Å². The maximum atomic E-state index is 5.94.